The Labute approximate surface area is 364 Å². The van der Waals surface area contributed by atoms with Crippen LogP contribution in [-0.4, -0.2) is 82.4 Å². The number of carbonyl (C=O) groups is 6. The summed E-state index contributed by atoms with van der Waals surface area (Å²) in [5.41, 5.74) is 8.94. The number of benzene rings is 4. The molecule has 17 heteroatoms. The van der Waals surface area contributed by atoms with Crippen molar-refractivity contribution in [2.24, 2.45) is 5.73 Å². The van der Waals surface area contributed by atoms with E-state index in [0.29, 0.717) is 23.6 Å². The van der Waals surface area contributed by atoms with Gasteiger partial charge in [-0.25, -0.2) is 9.78 Å². The molecule has 0 aliphatic carbocycles. The summed E-state index contributed by atoms with van der Waals surface area (Å²) in [5, 5.41) is 13.0. The van der Waals surface area contributed by atoms with Crippen LogP contribution in [0.3, 0.4) is 0 Å². The first kappa shape index (κ1) is 46.5. The lowest BCUT2D eigenvalue weighted by molar-refractivity contribution is -0.135. The molecule has 63 heavy (non-hydrogen) atoms. The van der Waals surface area contributed by atoms with E-state index in [0.717, 1.165) is 16.7 Å². The Morgan fingerprint density at radius 1 is 0.571 bits per heavy atom. The molecule has 6 amide bonds. The average Bonchev–Trinajstić information content (AvgIpc) is 3.81. The third kappa shape index (κ3) is 15.8. The van der Waals surface area contributed by atoms with Gasteiger partial charge in [0.15, 0.2) is 0 Å². The number of ether oxygens (including phenoxy) is 3. The fourth-order valence-electron chi connectivity index (χ4n) is 6.03. The standard InChI is InChI=1S/C46H52N8O9/c1-30(41(47)55)50-42(56)31(2)51-45(59)40(28-61-25-33-12-6-3-7-13-33)53-43(57)38(22-32-18-20-37(21-19-32)62-26-34-14-8-4-9-15-34)52-44(58)39(23-36-24-48-29-49-36)54-46(60)63-27-35-16-10-5-11-17-35/h3-21,24,29-31,38-40H,22-23,25-28H2,1-2H3,(H2,47,55)(H,48,49)(H,50,56)(H,51,59)(H,52,58)(H,53,57)(H,54,60)/t30-,31+,38+,39+,40+/m1/s1. The van der Waals surface area contributed by atoms with E-state index in [1.165, 1.54) is 26.4 Å². The lowest BCUT2D eigenvalue weighted by Gasteiger charge is -2.26. The van der Waals surface area contributed by atoms with Crippen molar-refractivity contribution < 1.29 is 43.0 Å². The maximum atomic E-state index is 14.4. The largest absolute Gasteiger partial charge is 0.489 e. The summed E-state index contributed by atoms with van der Waals surface area (Å²) in [6.07, 6.45) is 1.95. The van der Waals surface area contributed by atoms with E-state index in [9.17, 15) is 28.8 Å². The number of imidazole rings is 1. The average molecular weight is 861 g/mol. The first-order valence-electron chi connectivity index (χ1n) is 20.3. The third-order valence-electron chi connectivity index (χ3n) is 9.61. The zero-order valence-electron chi connectivity index (χ0n) is 35.0. The highest BCUT2D eigenvalue weighted by atomic mass is 16.5. The van der Waals surface area contributed by atoms with Gasteiger partial charge in [-0.05, 0) is 48.2 Å². The Morgan fingerprint density at radius 3 is 1.67 bits per heavy atom. The second-order valence-electron chi connectivity index (χ2n) is 14.6. The molecule has 0 bridgehead atoms. The number of hydrogen-bond acceptors (Lipinski definition) is 10. The van der Waals surface area contributed by atoms with Crippen LogP contribution in [0.15, 0.2) is 128 Å². The number of rotatable bonds is 23. The first-order valence-corrected chi connectivity index (χ1v) is 20.3. The number of carbonyl (C=O) groups excluding carboxylic acids is 6. The molecule has 4 aromatic carbocycles. The highest BCUT2D eigenvalue weighted by molar-refractivity contribution is 5.96. The number of nitrogens with zero attached hydrogens (tertiary/aromatic N) is 1. The fourth-order valence-corrected chi connectivity index (χ4v) is 6.03. The highest BCUT2D eigenvalue weighted by Gasteiger charge is 2.32. The molecule has 330 valence electrons. The molecule has 0 fully saturated rings. The molecule has 1 heterocycles. The molecule has 0 spiro atoms. The molecule has 0 saturated carbocycles. The molecule has 0 aliphatic heterocycles. The summed E-state index contributed by atoms with van der Waals surface area (Å²) in [6, 6.07) is 28.6. The number of nitrogens with two attached hydrogens (primary N) is 1. The summed E-state index contributed by atoms with van der Waals surface area (Å²) in [5.74, 6) is -3.18. The number of aromatic nitrogens is 2. The minimum absolute atomic E-state index is 0.0409. The van der Waals surface area contributed by atoms with Crippen LogP contribution in [0.2, 0.25) is 0 Å². The second kappa shape index (κ2) is 24.0. The van der Waals surface area contributed by atoms with E-state index in [-0.39, 0.29) is 32.7 Å². The monoisotopic (exact) mass is 860 g/mol. The Hall–Kier alpha value is -7.53. The zero-order chi connectivity index (χ0) is 45.0. The number of aromatic amines is 1. The number of H-pyrrole nitrogens is 1. The van der Waals surface area contributed by atoms with Crippen LogP contribution in [0.25, 0.3) is 0 Å². The maximum absolute atomic E-state index is 14.4. The molecular weight excluding hydrogens is 809 g/mol. The van der Waals surface area contributed by atoms with Crippen molar-refractivity contribution in [1.82, 2.24) is 36.6 Å². The van der Waals surface area contributed by atoms with Crippen LogP contribution >= 0.6 is 0 Å². The Bertz CT molecular complexity index is 2230. The molecule has 0 unspecified atom stereocenters. The summed E-state index contributed by atoms with van der Waals surface area (Å²) >= 11 is 0. The van der Waals surface area contributed by atoms with Gasteiger partial charge >= 0.3 is 6.09 Å². The lowest BCUT2D eigenvalue weighted by Crippen LogP contribution is -2.60. The Kier molecular flexibility index (Phi) is 17.8. The molecule has 5 aromatic rings. The van der Waals surface area contributed by atoms with Crippen molar-refractivity contribution in [3.63, 3.8) is 0 Å². The number of amides is 6. The molecule has 0 aliphatic rings. The van der Waals surface area contributed by atoms with Crippen molar-refractivity contribution in [3.05, 3.63) is 156 Å². The van der Waals surface area contributed by atoms with Gasteiger partial charge in [0.1, 0.15) is 49.2 Å². The van der Waals surface area contributed by atoms with Gasteiger partial charge in [0.05, 0.1) is 19.5 Å². The third-order valence-corrected chi connectivity index (χ3v) is 9.61. The minimum atomic E-state index is -1.37. The van der Waals surface area contributed by atoms with Gasteiger partial charge in [-0.1, -0.05) is 103 Å². The van der Waals surface area contributed by atoms with Gasteiger partial charge in [0.2, 0.25) is 29.5 Å². The van der Waals surface area contributed by atoms with Gasteiger partial charge in [0.25, 0.3) is 0 Å². The molecular formula is C46H52N8O9. The lowest BCUT2D eigenvalue weighted by atomic mass is 10.0. The molecule has 5 atom stereocenters. The number of nitrogens with one attached hydrogen (secondary N) is 6. The van der Waals surface area contributed by atoms with Crippen LogP contribution in [0.5, 0.6) is 5.75 Å². The van der Waals surface area contributed by atoms with Crippen molar-refractivity contribution in [1.29, 1.82) is 0 Å². The molecule has 0 radical (unpaired) electrons. The SMILES string of the molecule is C[C@H](NC(=O)[C@H](COCc1ccccc1)NC(=O)[C@H](Cc1ccc(OCc2ccccc2)cc1)NC(=O)[C@H](Cc1cnc[nH]1)NC(=O)OCc1ccccc1)C(=O)N[C@H](C)C(N)=O. The van der Waals surface area contributed by atoms with Crippen molar-refractivity contribution in [3.8, 4) is 5.75 Å². The normalized spacial score (nSPS) is 13.2. The summed E-state index contributed by atoms with van der Waals surface area (Å²) in [6.45, 7) is 2.84. The van der Waals surface area contributed by atoms with Gasteiger partial charge in [-0.3, -0.25) is 24.0 Å². The molecule has 8 N–H and O–H groups in total. The number of primary amides is 1. The predicted molar refractivity (Wildman–Crippen MR) is 231 cm³/mol. The van der Waals surface area contributed by atoms with Gasteiger partial charge in [-0.15, -0.1) is 0 Å². The van der Waals surface area contributed by atoms with E-state index in [1.54, 1.807) is 48.5 Å². The van der Waals surface area contributed by atoms with E-state index in [2.05, 4.69) is 36.6 Å². The molecule has 1 aromatic heterocycles. The van der Waals surface area contributed by atoms with E-state index in [4.69, 9.17) is 19.9 Å². The summed E-state index contributed by atoms with van der Waals surface area (Å²) in [7, 11) is 0. The quantitative estimate of drug-likeness (QED) is 0.0507. The topological polar surface area (TPSA) is 245 Å². The number of alkyl carbamates (subject to hydrolysis) is 1. The maximum Gasteiger partial charge on any atom is 0.408 e. The van der Waals surface area contributed by atoms with Gasteiger partial charge in [-0.2, -0.15) is 0 Å². The number of hydrogen-bond donors (Lipinski definition) is 7. The molecule has 5 rings (SSSR count). The van der Waals surface area contributed by atoms with Gasteiger partial charge < -0.3 is 51.5 Å². The van der Waals surface area contributed by atoms with Crippen molar-refractivity contribution >= 4 is 35.6 Å². The van der Waals surface area contributed by atoms with Crippen LogP contribution in [0.1, 0.15) is 41.8 Å². The van der Waals surface area contributed by atoms with Crippen LogP contribution in [0.4, 0.5) is 4.79 Å². The minimum Gasteiger partial charge on any atom is -0.489 e. The van der Waals surface area contributed by atoms with Crippen LogP contribution in [-0.2, 0) is 66.1 Å². The Balaban J connectivity index is 1.36. The van der Waals surface area contributed by atoms with Crippen LogP contribution < -0.4 is 37.1 Å². The second-order valence-corrected chi connectivity index (χ2v) is 14.6. The molecule has 0 saturated heterocycles. The Morgan fingerprint density at radius 2 is 1.10 bits per heavy atom. The summed E-state index contributed by atoms with van der Waals surface area (Å²) < 4.78 is 17.2. The van der Waals surface area contributed by atoms with Crippen molar-refractivity contribution in [2.75, 3.05) is 6.61 Å². The van der Waals surface area contributed by atoms with Crippen molar-refractivity contribution in [2.45, 2.75) is 76.7 Å². The summed E-state index contributed by atoms with van der Waals surface area (Å²) in [4.78, 5) is 86.7. The highest BCUT2D eigenvalue weighted by Crippen LogP contribution is 2.16. The fraction of sp³-hybridized carbons (Fsp3) is 0.283. The van der Waals surface area contributed by atoms with Gasteiger partial charge in [0, 0.05) is 24.7 Å². The first-order chi connectivity index (χ1) is 30.4. The van der Waals surface area contributed by atoms with E-state index >= 15 is 0 Å². The smallest absolute Gasteiger partial charge is 0.408 e. The van der Waals surface area contributed by atoms with E-state index < -0.39 is 65.8 Å². The molecule has 17 nitrogen and oxygen atoms in total. The van der Waals surface area contributed by atoms with Crippen LogP contribution in [0, 0.1) is 0 Å². The predicted octanol–water partition coefficient (Wildman–Crippen LogP) is 2.75. The zero-order valence-corrected chi connectivity index (χ0v) is 35.0. The van der Waals surface area contributed by atoms with E-state index in [1.807, 2.05) is 66.7 Å².